The zero-order chi connectivity index (χ0) is 90.5. The summed E-state index contributed by atoms with van der Waals surface area (Å²) in [4.78, 5) is 110. The van der Waals surface area contributed by atoms with E-state index in [9.17, 15) is 71.2 Å². The molecule has 8 unspecified atom stereocenters. The number of hydrogen-bond donors (Lipinski definition) is 22. The van der Waals surface area contributed by atoms with Crippen molar-refractivity contribution in [2.45, 2.75) is 199 Å². The maximum absolute atomic E-state index is 16.7. The third-order valence-electron chi connectivity index (χ3n) is 22.9. The van der Waals surface area contributed by atoms with Gasteiger partial charge in [-0.1, -0.05) is 65.7 Å². The molecule has 0 aromatic heterocycles. The molecule has 674 valence electrons. The molecule has 126 heavy (non-hydrogen) atoms. The van der Waals surface area contributed by atoms with Crippen LogP contribution in [-0.2, 0) is 66.7 Å². The summed E-state index contributed by atoms with van der Waals surface area (Å²) in [5, 5.41) is 165. The second-order valence-electron chi connectivity index (χ2n) is 31.4. The van der Waals surface area contributed by atoms with Gasteiger partial charge in [-0.05, 0) is 140 Å². The van der Waals surface area contributed by atoms with Gasteiger partial charge in [-0.3, -0.25) is 28.8 Å². The van der Waals surface area contributed by atoms with Crippen LogP contribution in [0, 0.1) is 0 Å². The Balaban J connectivity index is 0.965. The molecule has 9 heterocycles. The molecule has 16 rings (SSSR count). The Bertz CT molecular complexity index is 5220. The summed E-state index contributed by atoms with van der Waals surface area (Å²) in [5.74, 6) is -15.0. The number of halogens is 2. The van der Waals surface area contributed by atoms with Crippen LogP contribution >= 0.6 is 23.2 Å². The van der Waals surface area contributed by atoms with Crippen molar-refractivity contribution in [1.29, 1.82) is 0 Å². The van der Waals surface area contributed by atoms with Gasteiger partial charge in [0.2, 0.25) is 53.8 Å². The standard InChI is InChI=1S/C84H93Cl2N9O31/c1-30-65(101)46(87)27-55(117-30)124-72-37-12-19-51(45(86)22-37)122-53-24-38-23-52(73(53)126-84-75(71(107)69(105)54(29-96)123-84)125-56-28-47(88)66(102)31(2)118-56)120-40-15-8-34(9-16-40)68(104)63(94-76(108)58(89-4)33-6-13-41(14-7-33)121-83-74(116-5)70(106)67(103)32(3)119-83)80(112)91-60(36-11-18-49(99)44(85)21-36)77(109)92-61(38)79(111)90-59-35-10-17-48(98)42(20-35)57-43(25-39(97)26-50(57)100)62(82(114)115)93-81(113)64(72)95-78(59)110/h6-26,30-32,46-47,54-56,58-72,74-75,83-84,89,96-107H,27-29,87-88H2,1-5H3,(H,90,111)(H,91,112)(H,92,109)(H,93,113)(H,94,108)(H,95,110)(H,114,115)/t30-,31-,32?,46-,47-,54+,55-,56-,58?,59+,60?,61+,62+,63+,64-,65-,66-,67?,68+,69+,70?,71?,72+,74?,75+,83?,84-/m0/s1. The largest absolute Gasteiger partial charge is 0.508 e. The number of carbonyl (C=O) groups excluding carboxylic acids is 6. The van der Waals surface area contributed by atoms with Crippen molar-refractivity contribution >= 4 is 64.6 Å². The van der Waals surface area contributed by atoms with Crippen LogP contribution in [0.5, 0.6) is 57.5 Å². The number of nitrogens with two attached hydrogens (primary N) is 2. The van der Waals surface area contributed by atoms with Crippen LogP contribution in [0.2, 0.25) is 10.0 Å². The summed E-state index contributed by atoms with van der Waals surface area (Å²) in [6.45, 7) is 3.47. The lowest BCUT2D eigenvalue weighted by Crippen LogP contribution is -2.62. The third kappa shape index (κ3) is 18.9. The van der Waals surface area contributed by atoms with Crippen LogP contribution in [0.15, 0.2) is 127 Å². The van der Waals surface area contributed by atoms with Crippen molar-refractivity contribution in [3.63, 3.8) is 0 Å². The lowest BCUT2D eigenvalue weighted by Gasteiger charge is -2.44. The molecular formula is C84H93Cl2N9O31. The summed E-state index contributed by atoms with van der Waals surface area (Å²) in [5.41, 5.74) is 10.0. The minimum Gasteiger partial charge on any atom is -0.508 e. The van der Waals surface area contributed by atoms with E-state index in [-0.39, 0.29) is 52.2 Å². The van der Waals surface area contributed by atoms with Gasteiger partial charge in [0.15, 0.2) is 36.2 Å². The number of aliphatic hydroxyl groups is 8. The molecule has 6 amide bonds. The molecule has 11 bridgehead atoms. The topological polar surface area (TPSA) is 620 Å². The Morgan fingerprint density at radius 3 is 1.70 bits per heavy atom. The second-order valence-corrected chi connectivity index (χ2v) is 32.2. The van der Waals surface area contributed by atoms with Gasteiger partial charge in [0, 0.05) is 54.8 Å². The maximum atomic E-state index is 16.7. The van der Waals surface area contributed by atoms with E-state index in [0.29, 0.717) is 0 Å². The van der Waals surface area contributed by atoms with E-state index in [1.54, 1.807) is 0 Å². The minimum atomic E-state index is -2.39. The number of nitrogens with one attached hydrogen (secondary N) is 7. The molecular weight excluding hydrogens is 1700 g/mol. The van der Waals surface area contributed by atoms with Crippen molar-refractivity contribution in [1.82, 2.24) is 37.2 Å². The van der Waals surface area contributed by atoms with Crippen LogP contribution in [0.25, 0.3) is 11.1 Å². The van der Waals surface area contributed by atoms with E-state index >= 15 is 28.8 Å². The number of phenols is 4. The Kier molecular flexibility index (Phi) is 27.5. The molecule has 42 heteroatoms. The first-order valence-corrected chi connectivity index (χ1v) is 40.6. The van der Waals surface area contributed by atoms with E-state index in [1.165, 1.54) is 102 Å². The number of aliphatic hydroxyl groups excluding tert-OH is 8. The highest BCUT2D eigenvalue weighted by atomic mass is 35.5. The summed E-state index contributed by atoms with van der Waals surface area (Å²) in [6, 6.07) is 7.58. The number of aliphatic carboxylic acids is 1. The molecule has 7 aromatic carbocycles. The molecule has 27 atom stereocenters. The molecule has 0 saturated carbocycles. The minimum absolute atomic E-state index is 0.122. The fourth-order valence-electron chi connectivity index (χ4n) is 16.0. The van der Waals surface area contributed by atoms with Crippen molar-refractivity contribution in [3.8, 4) is 68.6 Å². The van der Waals surface area contributed by atoms with E-state index < -0.39 is 291 Å². The number of phenolic OH excluding ortho intramolecular Hbond substituents is 4. The van der Waals surface area contributed by atoms with Crippen LogP contribution in [0.3, 0.4) is 0 Å². The van der Waals surface area contributed by atoms with Gasteiger partial charge in [0.05, 0.1) is 47.2 Å². The number of aromatic hydroxyl groups is 4. The van der Waals surface area contributed by atoms with Gasteiger partial charge < -0.3 is 167 Å². The first-order chi connectivity index (χ1) is 60.0. The van der Waals surface area contributed by atoms with Crippen molar-refractivity contribution in [2.24, 2.45) is 11.5 Å². The number of likely N-dealkylation sites (N-methyl/N-ethyl adjacent to an activating group) is 1. The molecule has 4 fully saturated rings. The lowest BCUT2D eigenvalue weighted by molar-refractivity contribution is -0.330. The molecule has 4 saturated heterocycles. The SMILES string of the molecule is CNC(C(=O)N[C@H]1C(=O)NC(c2ccc(O)c(Cl)c2)C(=O)N[C@H]2C(=O)N[C@H]3C(=O)N[C@H](C(=O)N[C@@H](C(=O)O)c4cc(O)cc(O)c4-c4cc3ccc4O)[C@H](O[C@H]3C[C@H](N)[C@@H](O)[C@H](C)O3)c3ccc(c(Cl)c3)Oc3cc2cc(c3O[C@@H]2O[C@H](CO)[C@@H](O)C(O)[C@H]2O[C@H]2C[C@H](N)[C@@H](O)[C@H](C)O2)Oc2ccc(cc2)[C@H]1O)c1ccc(OC2OC(C)C(O)C(O)C2OC)cc1. The van der Waals surface area contributed by atoms with Gasteiger partial charge in [-0.15, -0.1) is 0 Å². The Morgan fingerprint density at radius 2 is 1.10 bits per heavy atom. The first kappa shape index (κ1) is 91.3. The summed E-state index contributed by atoms with van der Waals surface area (Å²) in [7, 11) is 2.68. The number of carboxylic acids is 1. The molecule has 0 radical (unpaired) electrons. The predicted octanol–water partition coefficient (Wildman–Crippen LogP) is 0.953. The molecule has 0 spiro atoms. The fraction of sp³-hybridized carbons (Fsp3) is 0.417. The van der Waals surface area contributed by atoms with Crippen LogP contribution in [0.4, 0.5) is 0 Å². The highest BCUT2D eigenvalue weighted by Crippen LogP contribution is 2.50. The number of rotatable bonds is 16. The van der Waals surface area contributed by atoms with Gasteiger partial charge >= 0.3 is 5.97 Å². The van der Waals surface area contributed by atoms with E-state index in [0.717, 1.165) is 60.7 Å². The van der Waals surface area contributed by atoms with Gasteiger partial charge in [-0.25, -0.2) is 4.79 Å². The lowest BCUT2D eigenvalue weighted by atomic mass is 9.89. The quantitative estimate of drug-likeness (QED) is 0.0640. The highest BCUT2D eigenvalue weighted by molar-refractivity contribution is 6.32. The smallest absolute Gasteiger partial charge is 0.330 e. The van der Waals surface area contributed by atoms with Crippen LogP contribution in [0.1, 0.15) is 115 Å². The fourth-order valence-corrected chi connectivity index (χ4v) is 16.4. The maximum Gasteiger partial charge on any atom is 0.330 e. The summed E-state index contributed by atoms with van der Waals surface area (Å²) < 4.78 is 69.1. The van der Waals surface area contributed by atoms with E-state index in [1.807, 2.05) is 0 Å². The molecule has 40 nitrogen and oxygen atoms in total. The van der Waals surface area contributed by atoms with E-state index in [4.69, 9.17) is 86.8 Å². The average Bonchev–Trinajstić information content (AvgIpc) is 0.762. The predicted molar refractivity (Wildman–Crippen MR) is 433 cm³/mol. The Hall–Kier alpha value is -10.9. The number of methoxy groups -OCH3 is 1. The zero-order valence-corrected chi connectivity index (χ0v) is 68.9. The van der Waals surface area contributed by atoms with Crippen LogP contribution < -0.4 is 67.6 Å². The highest BCUT2D eigenvalue weighted by Gasteiger charge is 2.52. The zero-order valence-electron chi connectivity index (χ0n) is 67.4. The van der Waals surface area contributed by atoms with Crippen molar-refractivity contribution in [2.75, 3.05) is 20.8 Å². The number of amides is 6. The molecule has 9 aliphatic heterocycles. The summed E-state index contributed by atoms with van der Waals surface area (Å²) >= 11 is 14.0. The summed E-state index contributed by atoms with van der Waals surface area (Å²) in [6.07, 6.45) is -27.7. The normalized spacial score (nSPS) is 32.1. The van der Waals surface area contributed by atoms with Gasteiger partial charge in [-0.2, -0.15) is 0 Å². The van der Waals surface area contributed by atoms with Crippen molar-refractivity contribution < 1.29 is 152 Å². The number of benzene rings is 7. The van der Waals surface area contributed by atoms with Crippen LogP contribution in [-0.4, -0.2) is 251 Å². The Morgan fingerprint density at radius 1 is 0.540 bits per heavy atom. The average molecular weight is 1800 g/mol. The third-order valence-corrected chi connectivity index (χ3v) is 23.5. The number of carboxylic acid groups (broad SMARTS) is 1. The first-order valence-electron chi connectivity index (χ1n) is 39.8. The van der Waals surface area contributed by atoms with Gasteiger partial charge in [0.1, 0.15) is 125 Å². The molecule has 24 N–H and O–H groups in total. The molecule has 7 aromatic rings. The van der Waals surface area contributed by atoms with Crippen molar-refractivity contribution in [3.05, 3.63) is 176 Å². The number of ether oxygens (including phenoxy) is 11. The monoisotopic (exact) mass is 1790 g/mol. The van der Waals surface area contributed by atoms with Gasteiger partial charge in [0.25, 0.3) is 0 Å². The second kappa shape index (κ2) is 37.9. The number of hydrogen-bond acceptors (Lipinski definition) is 33. The molecule has 0 aliphatic carbocycles. The number of carbonyl (C=O) groups is 7. The Labute approximate surface area is 726 Å². The molecule has 9 aliphatic rings. The van der Waals surface area contributed by atoms with E-state index in [2.05, 4.69) is 37.2 Å². The number of fused-ring (bicyclic) bond motifs is 15.